The Morgan fingerprint density at radius 2 is 1.26 bits per heavy atom. The fraction of sp³-hybridized carbons (Fsp3) is 0.342. The van der Waals surface area contributed by atoms with E-state index in [0.29, 0.717) is 49.1 Å². The van der Waals surface area contributed by atoms with Gasteiger partial charge in [0.2, 0.25) is 6.29 Å². The molecule has 47 heavy (non-hydrogen) atoms. The van der Waals surface area contributed by atoms with Crippen molar-refractivity contribution in [1.29, 1.82) is 0 Å². The zero-order valence-corrected chi connectivity index (χ0v) is 27.0. The van der Waals surface area contributed by atoms with Gasteiger partial charge in [0.1, 0.15) is 29.6 Å². The van der Waals surface area contributed by atoms with Crippen molar-refractivity contribution < 1.29 is 42.8 Å². The molecule has 0 radical (unpaired) electrons. The number of rotatable bonds is 22. The molecule has 0 bridgehead atoms. The Morgan fingerprint density at radius 3 is 1.89 bits per heavy atom. The van der Waals surface area contributed by atoms with Crippen molar-refractivity contribution in [3.8, 4) is 23.0 Å². The number of esters is 3. The van der Waals surface area contributed by atoms with Gasteiger partial charge in [-0.3, -0.25) is 0 Å². The second-order valence-corrected chi connectivity index (χ2v) is 10.6. The summed E-state index contributed by atoms with van der Waals surface area (Å²) in [5.41, 5.74) is 1.27. The molecule has 0 aliphatic rings. The maximum Gasteiger partial charge on any atom is 0.343 e. The maximum atomic E-state index is 12.7. The maximum absolute atomic E-state index is 12.7. The third kappa shape index (κ3) is 14.3. The van der Waals surface area contributed by atoms with Crippen LogP contribution in [0.25, 0.3) is 0 Å². The van der Waals surface area contributed by atoms with E-state index in [9.17, 15) is 14.4 Å². The molecule has 0 saturated heterocycles. The third-order valence-electron chi connectivity index (χ3n) is 6.90. The van der Waals surface area contributed by atoms with Crippen LogP contribution in [0.4, 0.5) is 0 Å². The van der Waals surface area contributed by atoms with Crippen LogP contribution in [0.2, 0.25) is 0 Å². The molecule has 1 atom stereocenters. The van der Waals surface area contributed by atoms with Crippen molar-refractivity contribution in [3.63, 3.8) is 0 Å². The van der Waals surface area contributed by atoms with Crippen molar-refractivity contribution in [2.45, 2.75) is 71.2 Å². The Labute approximate surface area is 277 Å². The van der Waals surface area contributed by atoms with E-state index >= 15 is 0 Å². The van der Waals surface area contributed by atoms with Crippen LogP contribution in [0.15, 0.2) is 98.1 Å². The Hall–Kier alpha value is -5.05. The van der Waals surface area contributed by atoms with Crippen molar-refractivity contribution in [2.75, 3.05) is 13.2 Å². The molecule has 3 aromatic carbocycles. The molecule has 3 rings (SSSR count). The number of carbonyl (C=O) groups is 3. The van der Waals surface area contributed by atoms with Crippen molar-refractivity contribution in [3.05, 3.63) is 109 Å². The molecular formula is C38H44O9. The molecule has 0 aromatic heterocycles. The van der Waals surface area contributed by atoms with Crippen molar-refractivity contribution in [2.24, 2.45) is 0 Å². The summed E-state index contributed by atoms with van der Waals surface area (Å²) in [6.07, 6.45) is 8.67. The van der Waals surface area contributed by atoms with E-state index in [1.165, 1.54) is 6.08 Å². The fourth-order valence-corrected chi connectivity index (χ4v) is 4.30. The molecular weight excluding hydrogens is 600 g/mol. The molecule has 0 spiro atoms. The monoisotopic (exact) mass is 644 g/mol. The molecule has 3 aromatic rings. The van der Waals surface area contributed by atoms with Gasteiger partial charge >= 0.3 is 17.9 Å². The first-order valence-corrected chi connectivity index (χ1v) is 16.0. The minimum atomic E-state index is -0.734. The highest BCUT2D eigenvalue weighted by molar-refractivity contribution is 5.91. The molecule has 0 aliphatic heterocycles. The summed E-state index contributed by atoms with van der Waals surface area (Å²) in [5.74, 6) is 0.915. The van der Waals surface area contributed by atoms with Gasteiger partial charge in [-0.25, -0.2) is 14.4 Å². The average molecular weight is 645 g/mol. The van der Waals surface area contributed by atoms with Crippen molar-refractivity contribution in [1.82, 2.24) is 0 Å². The number of carbonyl (C=O) groups excluding carboxylic acids is 3. The molecule has 9 heteroatoms. The SMILES string of the molecule is C=CC(=O)OCCCCCCOc1ccc(OCc2ccc(OC(=O)c3ccc(OC(CCCCC)OC(=O)C=C)cc3)cc2)cc1. The molecule has 0 fully saturated rings. The zero-order valence-electron chi connectivity index (χ0n) is 27.0. The molecule has 0 heterocycles. The van der Waals surface area contributed by atoms with E-state index < -0.39 is 18.2 Å². The molecule has 0 saturated carbocycles. The number of unbranched alkanes of at least 4 members (excludes halogenated alkanes) is 5. The largest absolute Gasteiger partial charge is 0.494 e. The van der Waals surface area contributed by atoms with E-state index in [1.54, 1.807) is 36.4 Å². The predicted molar refractivity (Wildman–Crippen MR) is 179 cm³/mol. The average Bonchev–Trinajstić information content (AvgIpc) is 3.09. The summed E-state index contributed by atoms with van der Waals surface area (Å²) in [4.78, 5) is 35.4. The van der Waals surface area contributed by atoms with E-state index in [1.807, 2.05) is 36.4 Å². The zero-order chi connectivity index (χ0) is 33.7. The number of hydrogen-bond donors (Lipinski definition) is 0. The van der Waals surface area contributed by atoms with E-state index in [-0.39, 0.29) is 5.97 Å². The minimum absolute atomic E-state index is 0.347. The van der Waals surface area contributed by atoms with E-state index in [4.69, 9.17) is 28.4 Å². The predicted octanol–water partition coefficient (Wildman–Crippen LogP) is 8.17. The van der Waals surface area contributed by atoms with Gasteiger partial charge in [0.05, 0.1) is 18.8 Å². The van der Waals surface area contributed by atoms with Crippen LogP contribution in [-0.2, 0) is 25.7 Å². The van der Waals surface area contributed by atoms with Gasteiger partial charge < -0.3 is 28.4 Å². The lowest BCUT2D eigenvalue weighted by atomic mass is 10.2. The normalized spacial score (nSPS) is 11.1. The molecule has 9 nitrogen and oxygen atoms in total. The van der Waals surface area contributed by atoms with Gasteiger partial charge in [0, 0.05) is 18.6 Å². The first-order chi connectivity index (χ1) is 22.9. The van der Waals surface area contributed by atoms with Crippen LogP contribution in [0.3, 0.4) is 0 Å². The van der Waals surface area contributed by atoms with E-state index in [2.05, 4.69) is 20.1 Å². The molecule has 0 aliphatic carbocycles. The number of ether oxygens (including phenoxy) is 6. The summed E-state index contributed by atoms with van der Waals surface area (Å²) < 4.78 is 33.3. The van der Waals surface area contributed by atoms with Gasteiger partial charge in [-0.15, -0.1) is 0 Å². The van der Waals surface area contributed by atoms with Crippen LogP contribution in [0.1, 0.15) is 74.2 Å². The van der Waals surface area contributed by atoms with Crippen LogP contribution >= 0.6 is 0 Å². The molecule has 1 unspecified atom stereocenters. The van der Waals surface area contributed by atoms with Crippen molar-refractivity contribution >= 4 is 17.9 Å². The van der Waals surface area contributed by atoms with Gasteiger partial charge in [-0.2, -0.15) is 0 Å². The Bertz CT molecular complexity index is 1400. The molecule has 0 N–H and O–H groups in total. The lowest BCUT2D eigenvalue weighted by Gasteiger charge is -2.18. The number of benzene rings is 3. The van der Waals surface area contributed by atoms with E-state index in [0.717, 1.165) is 62.3 Å². The summed E-state index contributed by atoms with van der Waals surface area (Å²) in [6, 6.07) is 21.0. The van der Waals surface area contributed by atoms with Crippen LogP contribution < -0.4 is 18.9 Å². The summed E-state index contributed by atoms with van der Waals surface area (Å²) in [6.45, 7) is 10.3. The fourth-order valence-electron chi connectivity index (χ4n) is 4.30. The first kappa shape index (κ1) is 36.4. The van der Waals surface area contributed by atoms with Crippen LogP contribution in [0.5, 0.6) is 23.0 Å². The molecule has 250 valence electrons. The Kier molecular flexibility index (Phi) is 16.2. The first-order valence-electron chi connectivity index (χ1n) is 16.0. The summed E-state index contributed by atoms with van der Waals surface area (Å²) >= 11 is 0. The third-order valence-corrected chi connectivity index (χ3v) is 6.90. The highest BCUT2D eigenvalue weighted by Crippen LogP contribution is 2.22. The Balaban J connectivity index is 1.37. The highest BCUT2D eigenvalue weighted by Gasteiger charge is 2.15. The van der Waals surface area contributed by atoms with Gasteiger partial charge in [0.15, 0.2) is 0 Å². The standard InChI is InChI=1S/C38H44O9/c1-4-7-10-13-37(47-36(40)6-3)45-33-20-16-30(17-21-33)38(41)46-34-18-14-29(15-19-34)28-44-32-24-22-31(23-25-32)42-26-11-8-9-12-27-43-35(39)5-2/h5-6,14-25,37H,2-4,7-13,26-28H2,1H3. The van der Waals surface area contributed by atoms with Crippen LogP contribution in [-0.4, -0.2) is 37.4 Å². The van der Waals surface area contributed by atoms with Gasteiger partial charge in [0.25, 0.3) is 0 Å². The second-order valence-electron chi connectivity index (χ2n) is 10.6. The molecule has 0 amide bonds. The number of hydrogen-bond acceptors (Lipinski definition) is 9. The minimum Gasteiger partial charge on any atom is -0.494 e. The van der Waals surface area contributed by atoms with Crippen LogP contribution in [0, 0.1) is 0 Å². The second kappa shape index (κ2) is 20.9. The summed E-state index contributed by atoms with van der Waals surface area (Å²) in [7, 11) is 0. The highest BCUT2D eigenvalue weighted by atomic mass is 16.7. The lowest BCUT2D eigenvalue weighted by molar-refractivity contribution is -0.158. The topological polar surface area (TPSA) is 107 Å². The Morgan fingerprint density at radius 1 is 0.660 bits per heavy atom. The quantitative estimate of drug-likeness (QED) is 0.0352. The van der Waals surface area contributed by atoms with Gasteiger partial charge in [-0.05, 0) is 98.3 Å². The smallest absolute Gasteiger partial charge is 0.343 e. The summed E-state index contributed by atoms with van der Waals surface area (Å²) in [5, 5.41) is 0. The van der Waals surface area contributed by atoms with Gasteiger partial charge in [-0.1, -0.05) is 45.1 Å². The lowest BCUT2D eigenvalue weighted by Crippen LogP contribution is -2.23.